The molecule has 30 heavy (non-hydrogen) atoms. The summed E-state index contributed by atoms with van der Waals surface area (Å²) in [7, 11) is 3.34. The average Bonchev–Trinajstić information content (AvgIpc) is 3.24. The minimum absolute atomic E-state index is 0.0298. The second kappa shape index (κ2) is 7.58. The van der Waals surface area contributed by atoms with Crippen molar-refractivity contribution >= 4 is 17.3 Å². The quantitative estimate of drug-likeness (QED) is 0.551. The molecule has 0 saturated heterocycles. The van der Waals surface area contributed by atoms with Crippen LogP contribution in [0, 0.1) is 0 Å². The van der Waals surface area contributed by atoms with Crippen LogP contribution in [0.5, 0.6) is 17.2 Å². The summed E-state index contributed by atoms with van der Waals surface area (Å²) in [5, 5.41) is 7.65. The summed E-state index contributed by atoms with van der Waals surface area (Å²) >= 11 is 6.52. The van der Waals surface area contributed by atoms with Crippen molar-refractivity contribution in [3.63, 3.8) is 0 Å². The van der Waals surface area contributed by atoms with Crippen molar-refractivity contribution in [1.82, 2.24) is 5.01 Å². The number of hydrogen-bond donors (Lipinski definition) is 0. The molecule has 3 aromatic rings. The van der Waals surface area contributed by atoms with Gasteiger partial charge in [0.25, 0.3) is 0 Å². The van der Waals surface area contributed by atoms with Crippen molar-refractivity contribution in [2.75, 3.05) is 14.2 Å². The van der Waals surface area contributed by atoms with Crippen LogP contribution in [0.1, 0.15) is 35.4 Å². The Morgan fingerprint density at radius 1 is 0.933 bits per heavy atom. The molecule has 0 aliphatic carbocycles. The van der Waals surface area contributed by atoms with Crippen LogP contribution in [0.25, 0.3) is 0 Å². The third-order valence-electron chi connectivity index (χ3n) is 5.59. The van der Waals surface area contributed by atoms with E-state index in [9.17, 15) is 0 Å². The number of hydrazone groups is 1. The fourth-order valence-electron chi connectivity index (χ4n) is 4.03. The van der Waals surface area contributed by atoms with Gasteiger partial charge >= 0.3 is 0 Å². The predicted molar refractivity (Wildman–Crippen MR) is 117 cm³/mol. The molecule has 6 heteroatoms. The summed E-state index contributed by atoms with van der Waals surface area (Å²) in [5.74, 6) is 2.45. The first-order valence-electron chi connectivity index (χ1n) is 9.77. The fraction of sp³-hybridized carbons (Fsp3) is 0.208. The topological polar surface area (TPSA) is 43.3 Å². The Bertz CT molecular complexity index is 1110. The molecule has 2 aliphatic rings. The summed E-state index contributed by atoms with van der Waals surface area (Å²) in [4.78, 5) is 0. The first kappa shape index (κ1) is 18.8. The summed E-state index contributed by atoms with van der Waals surface area (Å²) in [6.07, 6.45) is 0.358. The number of halogens is 1. The maximum Gasteiger partial charge on any atom is 0.215 e. The molecular formula is C24H21ClN2O3. The van der Waals surface area contributed by atoms with E-state index in [0.717, 1.165) is 46.1 Å². The summed E-state index contributed by atoms with van der Waals surface area (Å²) in [6.45, 7) is 0. The van der Waals surface area contributed by atoms with E-state index < -0.39 is 6.23 Å². The Hall–Kier alpha value is -3.18. The Labute approximate surface area is 180 Å². The van der Waals surface area contributed by atoms with Crippen molar-refractivity contribution < 1.29 is 14.2 Å². The van der Waals surface area contributed by atoms with Gasteiger partial charge in [0.05, 0.1) is 26.0 Å². The zero-order chi connectivity index (χ0) is 20.7. The lowest BCUT2D eigenvalue weighted by molar-refractivity contribution is -0.0190. The van der Waals surface area contributed by atoms with E-state index in [-0.39, 0.29) is 6.04 Å². The first-order valence-corrected chi connectivity index (χ1v) is 10.1. The minimum atomic E-state index is -0.402. The molecule has 0 saturated carbocycles. The fourth-order valence-corrected chi connectivity index (χ4v) is 4.26. The molecule has 0 fully saturated rings. The molecular weight excluding hydrogens is 400 g/mol. The molecule has 0 N–H and O–H groups in total. The Balaban J connectivity index is 1.59. The van der Waals surface area contributed by atoms with Gasteiger partial charge in [0.2, 0.25) is 6.23 Å². The number of rotatable bonds is 4. The Kier molecular flexibility index (Phi) is 4.75. The van der Waals surface area contributed by atoms with Crippen LogP contribution in [0.4, 0.5) is 0 Å². The van der Waals surface area contributed by atoms with Gasteiger partial charge in [-0.15, -0.1) is 0 Å². The largest absolute Gasteiger partial charge is 0.497 e. The van der Waals surface area contributed by atoms with Crippen molar-refractivity contribution in [2.45, 2.75) is 18.7 Å². The van der Waals surface area contributed by atoms with Crippen LogP contribution >= 0.6 is 11.6 Å². The molecule has 2 aliphatic heterocycles. The van der Waals surface area contributed by atoms with Gasteiger partial charge in [-0.2, -0.15) is 5.10 Å². The van der Waals surface area contributed by atoms with Gasteiger partial charge in [0.1, 0.15) is 17.2 Å². The summed E-state index contributed by atoms with van der Waals surface area (Å²) in [6, 6.07) is 21.7. The highest BCUT2D eigenvalue weighted by molar-refractivity contribution is 6.31. The Morgan fingerprint density at radius 3 is 2.40 bits per heavy atom. The standard InChI is InChI=1S/C24H21ClN2O3/c1-28-16-9-7-15(8-10-16)21-14-22-19-13-17(29-2)11-12-23(19)30-24(27(22)26-21)18-5-3-4-6-20(18)25/h3-13,22,24H,14H2,1-2H3/t22-,24-/m0/s1. The van der Waals surface area contributed by atoms with Crippen LogP contribution in [-0.2, 0) is 0 Å². The third-order valence-corrected chi connectivity index (χ3v) is 5.94. The summed E-state index contributed by atoms with van der Waals surface area (Å²) < 4.78 is 17.1. The minimum Gasteiger partial charge on any atom is -0.497 e. The molecule has 2 atom stereocenters. The maximum atomic E-state index is 6.52. The van der Waals surface area contributed by atoms with E-state index in [1.54, 1.807) is 14.2 Å². The van der Waals surface area contributed by atoms with Crippen LogP contribution in [-0.4, -0.2) is 24.9 Å². The number of hydrogen-bond acceptors (Lipinski definition) is 5. The van der Waals surface area contributed by atoms with E-state index in [2.05, 4.69) is 0 Å². The van der Waals surface area contributed by atoms with Crippen LogP contribution in [0.2, 0.25) is 5.02 Å². The van der Waals surface area contributed by atoms with Gasteiger partial charge in [0, 0.05) is 22.6 Å². The number of benzene rings is 3. The van der Waals surface area contributed by atoms with Crippen LogP contribution < -0.4 is 14.2 Å². The monoisotopic (exact) mass is 420 g/mol. The van der Waals surface area contributed by atoms with E-state index in [4.69, 9.17) is 30.9 Å². The van der Waals surface area contributed by atoms with Crippen LogP contribution in [0.3, 0.4) is 0 Å². The third kappa shape index (κ3) is 3.15. The normalized spacial score (nSPS) is 19.4. The number of fused-ring (bicyclic) bond motifs is 3. The SMILES string of the molecule is COc1ccc(C2=NN3[C@@H](C2)c2cc(OC)ccc2O[C@H]3c2ccccc2Cl)cc1. The van der Waals surface area contributed by atoms with E-state index >= 15 is 0 Å². The first-order chi connectivity index (χ1) is 14.7. The van der Waals surface area contributed by atoms with E-state index in [1.807, 2.05) is 71.7 Å². The average molecular weight is 421 g/mol. The van der Waals surface area contributed by atoms with Gasteiger partial charge < -0.3 is 14.2 Å². The number of nitrogens with zero attached hydrogens (tertiary/aromatic N) is 2. The smallest absolute Gasteiger partial charge is 0.215 e. The van der Waals surface area contributed by atoms with Gasteiger partial charge in [-0.1, -0.05) is 29.8 Å². The Morgan fingerprint density at radius 2 is 1.67 bits per heavy atom. The zero-order valence-electron chi connectivity index (χ0n) is 16.7. The van der Waals surface area contributed by atoms with Gasteiger partial charge in [-0.25, -0.2) is 5.01 Å². The molecule has 0 spiro atoms. The molecule has 0 bridgehead atoms. The number of methoxy groups -OCH3 is 2. The van der Waals surface area contributed by atoms with Gasteiger partial charge in [-0.3, -0.25) is 0 Å². The zero-order valence-corrected chi connectivity index (χ0v) is 17.5. The van der Waals surface area contributed by atoms with Crippen molar-refractivity contribution in [3.8, 4) is 17.2 Å². The van der Waals surface area contributed by atoms with Crippen LogP contribution in [0.15, 0.2) is 71.8 Å². The second-order valence-electron chi connectivity index (χ2n) is 7.27. The second-order valence-corrected chi connectivity index (χ2v) is 7.68. The van der Waals surface area contributed by atoms with Gasteiger partial charge in [-0.05, 0) is 54.1 Å². The molecule has 0 aromatic heterocycles. The van der Waals surface area contributed by atoms with E-state index in [1.165, 1.54) is 0 Å². The highest BCUT2D eigenvalue weighted by Crippen LogP contribution is 2.49. The molecule has 152 valence electrons. The molecule has 5 rings (SSSR count). The number of ether oxygens (including phenoxy) is 3. The highest BCUT2D eigenvalue weighted by atomic mass is 35.5. The molecule has 0 unspecified atom stereocenters. The van der Waals surface area contributed by atoms with Crippen molar-refractivity contribution in [1.29, 1.82) is 0 Å². The lowest BCUT2D eigenvalue weighted by atomic mass is 9.95. The highest BCUT2D eigenvalue weighted by Gasteiger charge is 2.41. The van der Waals surface area contributed by atoms with Gasteiger partial charge in [0.15, 0.2) is 0 Å². The molecule has 0 amide bonds. The lowest BCUT2D eigenvalue weighted by Gasteiger charge is -2.38. The molecule has 3 aromatic carbocycles. The molecule has 2 heterocycles. The predicted octanol–water partition coefficient (Wildman–Crippen LogP) is 5.60. The molecule has 0 radical (unpaired) electrons. The van der Waals surface area contributed by atoms with E-state index in [0.29, 0.717) is 5.02 Å². The summed E-state index contributed by atoms with van der Waals surface area (Å²) in [5.41, 5.74) is 4.02. The van der Waals surface area contributed by atoms with Crippen molar-refractivity contribution in [2.24, 2.45) is 5.10 Å². The lowest BCUT2D eigenvalue weighted by Crippen LogP contribution is -2.33. The molecule has 5 nitrogen and oxygen atoms in total. The van der Waals surface area contributed by atoms with Crippen molar-refractivity contribution in [3.05, 3.63) is 88.4 Å². The maximum absolute atomic E-state index is 6.52.